The van der Waals surface area contributed by atoms with Gasteiger partial charge >= 0.3 is 5.69 Å². The van der Waals surface area contributed by atoms with E-state index in [4.69, 9.17) is 5.21 Å². The monoisotopic (exact) mass is 426 g/mol. The first kappa shape index (κ1) is 21.3. The van der Waals surface area contributed by atoms with Crippen LogP contribution in [0.2, 0.25) is 0 Å². The third-order valence-corrected chi connectivity index (χ3v) is 6.37. The number of benzene rings is 2. The van der Waals surface area contributed by atoms with Crippen LogP contribution in [0.1, 0.15) is 24.0 Å². The molecule has 2 N–H and O–H groups in total. The molecule has 0 aromatic heterocycles. The van der Waals surface area contributed by atoms with Crippen molar-refractivity contribution in [1.29, 1.82) is 0 Å². The van der Waals surface area contributed by atoms with E-state index in [0.29, 0.717) is 19.0 Å². The topological polar surface area (TPSA) is 89.7 Å². The molecule has 1 aliphatic rings. The van der Waals surface area contributed by atoms with Gasteiger partial charge in [-0.05, 0) is 49.1 Å². The molecule has 0 radical (unpaired) electrons. The van der Waals surface area contributed by atoms with Gasteiger partial charge in [0.2, 0.25) is 10.0 Å². The van der Waals surface area contributed by atoms with Crippen LogP contribution in [-0.2, 0) is 23.0 Å². The predicted molar refractivity (Wildman–Crippen MR) is 101 cm³/mol. The highest BCUT2D eigenvalue weighted by molar-refractivity contribution is 7.89. The van der Waals surface area contributed by atoms with Gasteiger partial charge in [-0.3, -0.25) is 4.90 Å². The number of nitrogens with zero attached hydrogens (tertiary/aromatic N) is 2. The Kier molecular flexibility index (Phi) is 6.56. The smallest absolute Gasteiger partial charge is 0.299 e. The van der Waals surface area contributed by atoms with Gasteiger partial charge in [-0.25, -0.2) is 27.1 Å². The molecule has 2 aromatic rings. The van der Waals surface area contributed by atoms with Crippen molar-refractivity contribution in [3.63, 3.8) is 0 Å². The normalized spacial score (nSPS) is 14.6. The number of halogens is 2. The quantitative estimate of drug-likeness (QED) is 0.501. The van der Waals surface area contributed by atoms with Crippen LogP contribution in [0.3, 0.4) is 0 Å². The zero-order valence-corrected chi connectivity index (χ0v) is 16.5. The summed E-state index contributed by atoms with van der Waals surface area (Å²) in [6, 6.07) is 7.43. The van der Waals surface area contributed by atoms with Gasteiger partial charge in [0.1, 0.15) is 16.5 Å². The van der Waals surface area contributed by atoms with Crippen LogP contribution in [0, 0.1) is 16.5 Å². The molecule has 0 fully saturated rings. The van der Waals surface area contributed by atoms with E-state index in [2.05, 4.69) is 9.62 Å². The number of fused-ring (bicyclic) bond motifs is 1. The Balaban J connectivity index is 1.46. The van der Waals surface area contributed by atoms with Crippen molar-refractivity contribution in [2.24, 2.45) is 0 Å². The van der Waals surface area contributed by atoms with Crippen LogP contribution in [0.5, 0.6) is 0 Å². The number of unbranched alkanes of at least 4 members (excludes halogenated alkanes) is 1. The second kappa shape index (κ2) is 8.93. The third-order valence-electron chi connectivity index (χ3n) is 4.88. The van der Waals surface area contributed by atoms with Crippen molar-refractivity contribution in [3.8, 4) is 0 Å². The van der Waals surface area contributed by atoms with Gasteiger partial charge in [-0.15, -0.1) is 0 Å². The Morgan fingerprint density at radius 2 is 1.90 bits per heavy atom. The number of nitrogens with one attached hydrogen (secondary N) is 1. The molecule has 3 rings (SSSR count). The first-order chi connectivity index (χ1) is 13.8. The SMILES string of the molecule is O=[N+](O)c1ccc2c(c1)CN(CCCCNS(=O)(=O)c1ccc(F)cc1F)CC2. The van der Waals surface area contributed by atoms with Crippen LogP contribution in [0.4, 0.5) is 14.5 Å². The van der Waals surface area contributed by atoms with Crippen LogP contribution >= 0.6 is 0 Å². The average Bonchev–Trinajstić information content (AvgIpc) is 2.66. The van der Waals surface area contributed by atoms with Crippen LogP contribution in [0.25, 0.3) is 0 Å². The van der Waals surface area contributed by atoms with Crippen molar-refractivity contribution < 1.29 is 27.3 Å². The Morgan fingerprint density at radius 1 is 1.10 bits per heavy atom. The van der Waals surface area contributed by atoms with Crippen LogP contribution in [-0.4, -0.2) is 43.1 Å². The summed E-state index contributed by atoms with van der Waals surface area (Å²) in [5.41, 5.74) is 2.31. The molecule has 2 aromatic carbocycles. The van der Waals surface area contributed by atoms with Gasteiger partial charge in [0.15, 0.2) is 0 Å². The van der Waals surface area contributed by atoms with Crippen molar-refractivity contribution in [1.82, 2.24) is 9.62 Å². The minimum atomic E-state index is -4.03. The van der Waals surface area contributed by atoms with Crippen molar-refractivity contribution in [2.75, 3.05) is 19.6 Å². The minimum absolute atomic E-state index is 0.142. The number of rotatable bonds is 8. The van der Waals surface area contributed by atoms with E-state index in [1.54, 1.807) is 12.1 Å². The average molecular weight is 426 g/mol. The van der Waals surface area contributed by atoms with Crippen molar-refractivity contribution in [2.45, 2.75) is 30.7 Å². The van der Waals surface area contributed by atoms with Crippen LogP contribution in [0.15, 0.2) is 41.3 Å². The number of hydrogen-bond acceptors (Lipinski definition) is 4. The van der Waals surface area contributed by atoms with E-state index in [1.165, 1.54) is 0 Å². The molecule has 0 atom stereocenters. The minimum Gasteiger partial charge on any atom is -0.299 e. The highest BCUT2D eigenvalue weighted by atomic mass is 32.2. The van der Waals surface area contributed by atoms with Gasteiger partial charge in [-0.2, -0.15) is 0 Å². The number of sulfonamides is 1. The molecular weight excluding hydrogens is 404 g/mol. The molecule has 7 nitrogen and oxygen atoms in total. The fourth-order valence-corrected chi connectivity index (χ4v) is 4.48. The summed E-state index contributed by atoms with van der Waals surface area (Å²) in [5.74, 6) is -1.96. The summed E-state index contributed by atoms with van der Waals surface area (Å²) in [5, 5.41) is 9.04. The van der Waals surface area contributed by atoms with Gasteiger partial charge in [-0.1, -0.05) is 6.07 Å². The maximum Gasteiger partial charge on any atom is 0.316 e. The lowest BCUT2D eigenvalue weighted by Crippen LogP contribution is -2.32. The fraction of sp³-hybridized carbons (Fsp3) is 0.368. The van der Waals surface area contributed by atoms with Crippen molar-refractivity contribution in [3.05, 3.63) is 64.1 Å². The molecule has 29 heavy (non-hydrogen) atoms. The van der Waals surface area contributed by atoms with Gasteiger partial charge < -0.3 is 0 Å². The molecule has 0 saturated carbocycles. The van der Waals surface area contributed by atoms with Crippen LogP contribution < -0.4 is 4.72 Å². The molecule has 0 bridgehead atoms. The molecule has 0 amide bonds. The second-order valence-electron chi connectivity index (χ2n) is 6.93. The Hall–Kier alpha value is -2.43. The van der Waals surface area contributed by atoms with E-state index >= 15 is 0 Å². The molecule has 0 spiro atoms. The summed E-state index contributed by atoms with van der Waals surface area (Å²) in [6.07, 6.45) is 2.10. The highest BCUT2D eigenvalue weighted by Gasteiger charge is 2.21. The van der Waals surface area contributed by atoms with E-state index in [-0.39, 0.29) is 17.2 Å². The lowest BCUT2D eigenvalue weighted by atomic mass is 9.99. The lowest BCUT2D eigenvalue weighted by molar-refractivity contribution is -0.729. The number of hydrogen-bond donors (Lipinski definition) is 2. The molecule has 156 valence electrons. The molecule has 1 heterocycles. The predicted octanol–water partition coefficient (Wildman–Crippen LogP) is 2.88. The van der Waals surface area contributed by atoms with Crippen molar-refractivity contribution >= 4 is 15.7 Å². The Bertz CT molecular complexity index is 1010. The molecular formula is C19H22F2N3O4S+. The summed E-state index contributed by atoms with van der Waals surface area (Å²) >= 11 is 0. The lowest BCUT2D eigenvalue weighted by Gasteiger charge is -2.28. The maximum atomic E-state index is 13.7. The van der Waals surface area contributed by atoms with E-state index in [9.17, 15) is 22.1 Å². The Morgan fingerprint density at radius 3 is 2.62 bits per heavy atom. The molecule has 1 aliphatic heterocycles. The largest absolute Gasteiger partial charge is 0.316 e. The summed E-state index contributed by atoms with van der Waals surface area (Å²) in [4.78, 5) is 12.5. The van der Waals surface area contributed by atoms with E-state index < -0.39 is 26.6 Å². The standard InChI is InChI=1S/C19H22F2N3O4S/c20-16-4-6-19(18(21)12-16)29(27,28)22-8-1-2-9-23-10-7-14-3-5-17(24(25)26)11-15(14)13-23/h3-6,11-12,22H,1-2,7-10,13H2,(H,25,26)/q+1. The maximum absolute atomic E-state index is 13.7. The summed E-state index contributed by atoms with van der Waals surface area (Å²) in [7, 11) is -4.03. The molecule has 10 heteroatoms. The van der Waals surface area contributed by atoms with Gasteiger partial charge in [0, 0.05) is 37.8 Å². The molecule has 0 saturated heterocycles. The Labute approximate surface area is 167 Å². The zero-order chi connectivity index (χ0) is 21.0. The van der Waals surface area contributed by atoms with E-state index in [0.717, 1.165) is 49.2 Å². The third kappa shape index (κ3) is 5.34. The highest BCUT2D eigenvalue weighted by Crippen LogP contribution is 2.23. The van der Waals surface area contributed by atoms with Gasteiger partial charge in [0.25, 0.3) is 4.92 Å². The first-order valence-electron chi connectivity index (χ1n) is 9.21. The summed E-state index contributed by atoms with van der Waals surface area (Å²) in [6.45, 7) is 2.36. The molecule has 0 unspecified atom stereocenters. The molecule has 0 aliphatic carbocycles. The first-order valence-corrected chi connectivity index (χ1v) is 10.7. The second-order valence-corrected chi connectivity index (χ2v) is 8.67. The summed E-state index contributed by atoms with van der Waals surface area (Å²) < 4.78 is 53.2. The van der Waals surface area contributed by atoms with Gasteiger partial charge in [0.05, 0.1) is 4.91 Å². The fourth-order valence-electron chi connectivity index (χ4n) is 3.35. The van der Waals surface area contributed by atoms with E-state index in [1.807, 2.05) is 6.07 Å². The zero-order valence-electron chi connectivity index (χ0n) is 15.6.